The lowest BCUT2D eigenvalue weighted by molar-refractivity contribution is 0.102. The molecule has 1 heterocycles. The standard InChI is InChI=1S/C24H25N3O2/c28-23-10-9-18(17-27-13-11-25-12-14-27)15-22(23)24(29)26-21-8-4-7-20(16-21)19-5-2-1-3-6-19/h1-10,15-16,25,28H,11-14,17H2,(H,26,29). The molecule has 3 aromatic carbocycles. The van der Waals surface area contributed by atoms with E-state index in [1.165, 1.54) is 0 Å². The molecule has 148 valence electrons. The number of phenols is 1. The Labute approximate surface area is 171 Å². The number of amides is 1. The fraction of sp³-hybridized carbons (Fsp3) is 0.208. The number of hydrogen-bond donors (Lipinski definition) is 3. The molecule has 1 saturated heterocycles. The first-order chi connectivity index (χ1) is 14.2. The number of nitrogens with zero attached hydrogens (tertiary/aromatic N) is 1. The molecule has 3 aromatic rings. The third-order valence-electron chi connectivity index (χ3n) is 5.15. The zero-order valence-corrected chi connectivity index (χ0v) is 16.3. The molecule has 1 aliphatic heterocycles. The summed E-state index contributed by atoms with van der Waals surface area (Å²) in [5, 5.41) is 16.5. The lowest BCUT2D eigenvalue weighted by atomic mass is 10.0. The first-order valence-electron chi connectivity index (χ1n) is 9.91. The van der Waals surface area contributed by atoms with E-state index in [1.807, 2.05) is 60.7 Å². The number of anilines is 1. The third-order valence-corrected chi connectivity index (χ3v) is 5.15. The lowest BCUT2D eigenvalue weighted by Gasteiger charge is -2.27. The van der Waals surface area contributed by atoms with Gasteiger partial charge in [0.15, 0.2) is 0 Å². The number of carbonyl (C=O) groups is 1. The Morgan fingerprint density at radius 3 is 2.48 bits per heavy atom. The van der Waals surface area contributed by atoms with Crippen LogP contribution in [0.1, 0.15) is 15.9 Å². The molecule has 0 aliphatic carbocycles. The van der Waals surface area contributed by atoms with Crippen molar-refractivity contribution in [2.75, 3.05) is 31.5 Å². The second kappa shape index (κ2) is 8.90. The van der Waals surface area contributed by atoms with Gasteiger partial charge >= 0.3 is 0 Å². The van der Waals surface area contributed by atoms with Crippen LogP contribution in [0.2, 0.25) is 0 Å². The summed E-state index contributed by atoms with van der Waals surface area (Å²) < 4.78 is 0. The predicted octanol–water partition coefficient (Wildman–Crippen LogP) is 3.72. The molecule has 0 saturated carbocycles. The van der Waals surface area contributed by atoms with E-state index in [4.69, 9.17) is 0 Å². The molecule has 1 fully saturated rings. The first kappa shape index (κ1) is 19.2. The van der Waals surface area contributed by atoms with E-state index in [1.54, 1.807) is 12.1 Å². The number of aromatic hydroxyl groups is 1. The van der Waals surface area contributed by atoms with Gasteiger partial charge in [0.2, 0.25) is 0 Å². The summed E-state index contributed by atoms with van der Waals surface area (Å²) in [6.45, 7) is 4.68. The van der Waals surface area contributed by atoms with E-state index in [0.29, 0.717) is 11.3 Å². The number of benzene rings is 3. The highest BCUT2D eigenvalue weighted by atomic mass is 16.3. The van der Waals surface area contributed by atoms with Gasteiger partial charge in [0.25, 0.3) is 5.91 Å². The Morgan fingerprint density at radius 1 is 0.931 bits per heavy atom. The largest absolute Gasteiger partial charge is 0.507 e. The average molecular weight is 387 g/mol. The molecule has 3 N–H and O–H groups in total. The van der Waals surface area contributed by atoms with Gasteiger partial charge in [0, 0.05) is 38.4 Å². The first-order valence-corrected chi connectivity index (χ1v) is 9.91. The van der Waals surface area contributed by atoms with Crippen LogP contribution in [0.25, 0.3) is 11.1 Å². The van der Waals surface area contributed by atoms with Gasteiger partial charge in [-0.05, 0) is 41.0 Å². The molecular formula is C24H25N3O2. The Hall–Kier alpha value is -3.15. The molecule has 0 radical (unpaired) electrons. The van der Waals surface area contributed by atoms with Crippen LogP contribution in [0, 0.1) is 0 Å². The molecule has 0 aromatic heterocycles. The van der Waals surface area contributed by atoms with Crippen LogP contribution < -0.4 is 10.6 Å². The van der Waals surface area contributed by atoms with Crippen LogP contribution in [-0.4, -0.2) is 42.1 Å². The van der Waals surface area contributed by atoms with Gasteiger partial charge in [-0.25, -0.2) is 0 Å². The molecule has 0 bridgehead atoms. The van der Waals surface area contributed by atoms with Crippen molar-refractivity contribution < 1.29 is 9.90 Å². The van der Waals surface area contributed by atoms with Crippen LogP contribution in [0.15, 0.2) is 72.8 Å². The van der Waals surface area contributed by atoms with Crippen LogP contribution >= 0.6 is 0 Å². The summed E-state index contributed by atoms with van der Waals surface area (Å²) in [7, 11) is 0. The van der Waals surface area contributed by atoms with E-state index in [2.05, 4.69) is 15.5 Å². The summed E-state index contributed by atoms with van der Waals surface area (Å²) in [5.41, 5.74) is 4.13. The molecule has 5 heteroatoms. The normalized spacial score (nSPS) is 14.5. The van der Waals surface area contributed by atoms with E-state index in [-0.39, 0.29) is 11.7 Å². The fourth-order valence-electron chi connectivity index (χ4n) is 3.60. The van der Waals surface area contributed by atoms with Gasteiger partial charge in [0.05, 0.1) is 5.56 Å². The second-order valence-corrected chi connectivity index (χ2v) is 7.28. The van der Waals surface area contributed by atoms with Gasteiger partial charge in [-0.3, -0.25) is 9.69 Å². The molecule has 1 amide bonds. The fourth-order valence-corrected chi connectivity index (χ4v) is 3.60. The monoisotopic (exact) mass is 387 g/mol. The van der Waals surface area contributed by atoms with Crippen molar-refractivity contribution in [1.29, 1.82) is 0 Å². The number of hydrogen-bond acceptors (Lipinski definition) is 4. The molecule has 0 atom stereocenters. The third kappa shape index (κ3) is 4.83. The molecular weight excluding hydrogens is 362 g/mol. The number of phenolic OH excluding ortho intramolecular Hbond substituents is 1. The van der Waals surface area contributed by atoms with Crippen molar-refractivity contribution in [3.05, 3.63) is 83.9 Å². The Balaban J connectivity index is 1.50. The molecule has 4 rings (SSSR count). The number of piperazine rings is 1. The number of rotatable bonds is 5. The SMILES string of the molecule is O=C(Nc1cccc(-c2ccccc2)c1)c1cc(CN2CCNCC2)ccc1O. The van der Waals surface area contributed by atoms with Crippen LogP contribution in [0.3, 0.4) is 0 Å². The van der Waals surface area contributed by atoms with Gasteiger partial charge in [0.1, 0.15) is 5.75 Å². The molecule has 0 unspecified atom stereocenters. The topological polar surface area (TPSA) is 64.6 Å². The summed E-state index contributed by atoms with van der Waals surface area (Å²) in [6.07, 6.45) is 0. The van der Waals surface area contributed by atoms with Crippen LogP contribution in [0.4, 0.5) is 5.69 Å². The quantitative estimate of drug-likeness (QED) is 0.624. The number of nitrogens with one attached hydrogen (secondary N) is 2. The van der Waals surface area contributed by atoms with E-state index in [9.17, 15) is 9.90 Å². The maximum Gasteiger partial charge on any atom is 0.259 e. The summed E-state index contributed by atoms with van der Waals surface area (Å²) in [6, 6.07) is 23.0. The zero-order valence-electron chi connectivity index (χ0n) is 16.3. The van der Waals surface area contributed by atoms with Crippen molar-refractivity contribution in [2.45, 2.75) is 6.54 Å². The number of carbonyl (C=O) groups excluding carboxylic acids is 1. The highest BCUT2D eigenvalue weighted by Crippen LogP contribution is 2.25. The summed E-state index contributed by atoms with van der Waals surface area (Å²) in [5.74, 6) is -0.319. The van der Waals surface area contributed by atoms with Crippen molar-refractivity contribution in [2.24, 2.45) is 0 Å². The lowest BCUT2D eigenvalue weighted by Crippen LogP contribution is -2.42. The minimum atomic E-state index is -0.310. The smallest absolute Gasteiger partial charge is 0.259 e. The van der Waals surface area contributed by atoms with E-state index in [0.717, 1.165) is 49.4 Å². The van der Waals surface area contributed by atoms with Gasteiger partial charge < -0.3 is 15.7 Å². The van der Waals surface area contributed by atoms with E-state index < -0.39 is 0 Å². The van der Waals surface area contributed by atoms with E-state index >= 15 is 0 Å². The molecule has 29 heavy (non-hydrogen) atoms. The second-order valence-electron chi connectivity index (χ2n) is 7.28. The van der Waals surface area contributed by atoms with Gasteiger partial charge in [-0.1, -0.05) is 48.5 Å². The predicted molar refractivity (Wildman–Crippen MR) is 116 cm³/mol. The average Bonchev–Trinajstić information content (AvgIpc) is 2.76. The minimum absolute atomic E-state index is 0.00854. The highest BCUT2D eigenvalue weighted by molar-refractivity contribution is 6.06. The summed E-state index contributed by atoms with van der Waals surface area (Å²) in [4.78, 5) is 15.2. The molecule has 5 nitrogen and oxygen atoms in total. The molecule has 1 aliphatic rings. The van der Waals surface area contributed by atoms with Gasteiger partial charge in [-0.15, -0.1) is 0 Å². The Morgan fingerprint density at radius 2 is 1.69 bits per heavy atom. The Kier molecular flexibility index (Phi) is 5.89. The van der Waals surface area contributed by atoms with Crippen LogP contribution in [0.5, 0.6) is 5.75 Å². The maximum absolute atomic E-state index is 12.8. The summed E-state index contributed by atoms with van der Waals surface area (Å²) >= 11 is 0. The Bertz CT molecular complexity index is 982. The van der Waals surface area contributed by atoms with Crippen molar-refractivity contribution >= 4 is 11.6 Å². The zero-order chi connectivity index (χ0) is 20.1. The van der Waals surface area contributed by atoms with Crippen molar-refractivity contribution in [3.63, 3.8) is 0 Å². The maximum atomic E-state index is 12.8. The highest BCUT2D eigenvalue weighted by Gasteiger charge is 2.15. The van der Waals surface area contributed by atoms with Crippen molar-refractivity contribution in [3.8, 4) is 16.9 Å². The van der Waals surface area contributed by atoms with Crippen LogP contribution in [-0.2, 0) is 6.54 Å². The molecule has 0 spiro atoms. The van der Waals surface area contributed by atoms with Crippen molar-refractivity contribution in [1.82, 2.24) is 10.2 Å². The van der Waals surface area contributed by atoms with Gasteiger partial charge in [-0.2, -0.15) is 0 Å². The minimum Gasteiger partial charge on any atom is -0.507 e.